The lowest BCUT2D eigenvalue weighted by atomic mass is 9.49. The van der Waals surface area contributed by atoms with Crippen LogP contribution in [0.3, 0.4) is 0 Å². The highest BCUT2D eigenvalue weighted by atomic mass is 33.1. The molecule has 9 aliphatic rings. The summed E-state index contributed by atoms with van der Waals surface area (Å²) in [5.41, 5.74) is 0.0420. The number of likely N-dealkylation sites (tertiary alicyclic amines) is 2. The van der Waals surface area contributed by atoms with Crippen molar-refractivity contribution in [3.8, 4) is 0 Å². The van der Waals surface area contributed by atoms with E-state index in [-0.39, 0.29) is 118 Å². The molecule has 32 nitrogen and oxygen atoms in total. The topological polar surface area (TPSA) is 441 Å². The van der Waals surface area contributed by atoms with E-state index in [4.69, 9.17) is 14.2 Å². The highest BCUT2D eigenvalue weighted by Crippen LogP contribution is 2.66. The zero-order chi connectivity index (χ0) is 90.3. The summed E-state index contributed by atoms with van der Waals surface area (Å²) in [4.78, 5) is 195. The van der Waals surface area contributed by atoms with Crippen LogP contribution in [0.1, 0.15) is 159 Å². The van der Waals surface area contributed by atoms with Crippen molar-refractivity contribution in [3.05, 3.63) is 150 Å². The molecule has 0 bridgehead atoms. The third-order valence-electron chi connectivity index (χ3n) is 26.5. The van der Waals surface area contributed by atoms with Gasteiger partial charge in [0.25, 0.3) is 5.91 Å². The minimum atomic E-state index is -1.82. The quantitative estimate of drug-likeness (QED) is 0.0250. The Morgan fingerprint density at radius 1 is 0.738 bits per heavy atom. The maximum Gasteiger partial charge on any atom is 0.407 e. The van der Waals surface area contributed by atoms with E-state index >= 15 is 43.2 Å². The Kier molecular flexibility index (Phi) is 32.4. The summed E-state index contributed by atoms with van der Waals surface area (Å²) in [6.45, 7) is 9.07. The van der Waals surface area contributed by atoms with Gasteiger partial charge in [0.15, 0.2) is 29.6 Å². The number of ether oxygens (including phenoxy) is 3. The zero-order valence-electron chi connectivity index (χ0n) is 73.0. The third kappa shape index (κ3) is 23.2. The first-order chi connectivity index (χ1) is 60.2. The second-order valence-corrected chi connectivity index (χ2v) is 38.8. The molecule has 13 N–H and O–H groups in total. The number of fused-ring (bicyclic) bond motifs is 6. The minimum Gasteiger partial charge on any atom is -0.461 e. The van der Waals surface area contributed by atoms with Gasteiger partial charge in [-0.05, 0) is 183 Å². The Balaban J connectivity index is 0.848. The van der Waals surface area contributed by atoms with Crippen molar-refractivity contribution >= 4 is 98.4 Å². The van der Waals surface area contributed by atoms with Crippen molar-refractivity contribution in [2.75, 3.05) is 51.4 Å². The highest BCUT2D eigenvalue weighted by Gasteiger charge is 2.69. The Hall–Kier alpha value is -9.84. The van der Waals surface area contributed by atoms with Crippen LogP contribution in [0, 0.1) is 35.0 Å². The van der Waals surface area contributed by atoms with E-state index in [1.807, 2.05) is 31.2 Å². The maximum absolute atomic E-state index is 15.8. The molecular formula is C92H124N13O19S2+. The van der Waals surface area contributed by atoms with Gasteiger partial charge in [-0.3, -0.25) is 58.1 Å². The normalized spacial score (nSPS) is 30.0. The fourth-order valence-corrected chi connectivity index (χ4v) is 22.3. The standard InChI is InChI=1S/C92H123N13O19S2/c1-53(106)70(50-123-88(120)92(122-8)37-36-64-63-34-32-57-44-60(108)33-35-62(57)77(63)75(109)46-91(64,92)6)99-83(115)72-52-126-125-51-71(100-81(113)69(43-56-24-13-10-14-25-56)98-84(116)73-30-20-40-104(73)87(119)74-31-21-41-105(74)86(118)58-26-19-39-103(7)49-58)82(114)97-68(42-55-22-11-9-12-23-55)80(112)96-67(45-59-47-94-65-28-16-15-27-61(59)65)76(110)48-95-66(79(111)102-78(54(2)107)85(117)101-72)29-17-18-38-93-89(121)124-90(3,4)5/h9-16,19,22-28,39,44,47,49,53-54,61-75,77-78,94-95,106-107,109H,17-18,20-21,29-38,40-43,45-46,48,50-52H2,1-8H3,(H7-,93,96,97,98,99,100,101,102,111,112,113,114,115,116,117,121)/p+1/t53?,54?,61?,62?,63?,64?,65?,66?,67?,68?,69?,70?,71?,72?,73?,74?,75?,77?,78?,91?,92-/m1/s1. The zero-order valence-corrected chi connectivity index (χ0v) is 74.7. The number of methoxy groups -OCH3 is 1. The number of unbranched alkanes of at least 4 members (excludes halogenated alkanes) is 1. The number of hydrogen-bond acceptors (Lipinski definition) is 23. The number of nitrogens with zero attached hydrogens (tertiary/aromatic N) is 3. The molecule has 1 aromatic heterocycles. The van der Waals surface area contributed by atoms with Crippen LogP contribution in [0.5, 0.6) is 0 Å². The Labute approximate surface area is 743 Å². The van der Waals surface area contributed by atoms with Crippen LogP contribution in [0.4, 0.5) is 4.79 Å². The number of esters is 1. The number of amides is 10. The van der Waals surface area contributed by atoms with Crippen molar-refractivity contribution < 1.29 is 96.4 Å². The molecule has 6 fully saturated rings. The number of ketones is 2. The van der Waals surface area contributed by atoms with Gasteiger partial charge in [0.05, 0.1) is 49.0 Å². The Morgan fingerprint density at radius 3 is 2.15 bits per heavy atom. The van der Waals surface area contributed by atoms with Crippen LogP contribution < -0.4 is 57.7 Å². The number of carbonyl (C=O) groups excluding carboxylic acids is 13. The van der Waals surface area contributed by atoms with Gasteiger partial charge in [-0.15, -0.1) is 0 Å². The van der Waals surface area contributed by atoms with E-state index in [0.29, 0.717) is 81.0 Å². The molecule has 34 heteroatoms. The van der Waals surface area contributed by atoms with Gasteiger partial charge in [0.1, 0.15) is 67.1 Å². The number of alkyl carbamates (subject to hydrolysis) is 1. The van der Waals surface area contributed by atoms with Gasteiger partial charge >= 0.3 is 12.1 Å². The molecule has 3 aromatic rings. The molecule has 12 rings (SSSR count). The average Bonchev–Trinajstić information content (AvgIpc) is 1.51. The lowest BCUT2D eigenvalue weighted by Crippen LogP contribution is -2.62. The second kappa shape index (κ2) is 42.8. The Bertz CT molecular complexity index is 4600. The van der Waals surface area contributed by atoms with E-state index in [9.17, 15) is 34.5 Å². The van der Waals surface area contributed by atoms with E-state index in [0.717, 1.165) is 32.7 Å². The summed E-state index contributed by atoms with van der Waals surface area (Å²) in [5, 5.41) is 64.2. The van der Waals surface area contributed by atoms with Crippen molar-refractivity contribution in [3.63, 3.8) is 0 Å². The van der Waals surface area contributed by atoms with Crippen LogP contribution in [0.15, 0.2) is 133 Å². The number of benzene rings is 2. The summed E-state index contributed by atoms with van der Waals surface area (Å²) in [5.74, 6) is -9.41. The number of aliphatic hydroxyl groups is 3. The number of aliphatic hydroxyl groups excluding tert-OH is 3. The molecule has 5 heterocycles. The summed E-state index contributed by atoms with van der Waals surface area (Å²) in [6, 6.07) is 6.71. The van der Waals surface area contributed by atoms with Crippen molar-refractivity contribution in [1.29, 1.82) is 0 Å². The first kappa shape index (κ1) is 95.3. The van der Waals surface area contributed by atoms with Gasteiger partial charge in [0.2, 0.25) is 47.3 Å². The first-order valence-corrected chi connectivity index (χ1v) is 46.8. The summed E-state index contributed by atoms with van der Waals surface area (Å²) < 4.78 is 19.6. The van der Waals surface area contributed by atoms with Gasteiger partial charge < -0.3 is 87.2 Å². The molecule has 682 valence electrons. The smallest absolute Gasteiger partial charge is 0.407 e. The second-order valence-electron chi connectivity index (χ2n) is 36.3. The van der Waals surface area contributed by atoms with Crippen LogP contribution >= 0.6 is 21.6 Å². The number of pyridine rings is 1. The summed E-state index contributed by atoms with van der Waals surface area (Å²) >= 11 is 0. The SMILES string of the molecule is CO[C@@]1(C(=O)OCC(NC(=O)C2CSSCC(NC(=O)C(Cc3ccccc3)NC(=O)C3CCCN3C(=O)C3CCCN3C(=O)c3ccc[n+](C)c3)C(=O)NC(Cc3ccccc3)C(=O)NC(CC3=CNC4C=CC=CC34)C(=O)CNC(CCCCNC(=O)OC(C)(C)C)C(=O)NC(C(C)O)C(=O)N2)C(C)O)CCC2C3CCC4=CC(=O)CCC4C3C(O)CC21C. The van der Waals surface area contributed by atoms with Crippen LogP contribution in [-0.2, 0) is 86.8 Å². The van der Waals surface area contributed by atoms with Crippen molar-refractivity contribution in [1.82, 2.24) is 63.0 Å². The van der Waals surface area contributed by atoms with Crippen molar-refractivity contribution in [2.24, 2.45) is 42.1 Å². The molecule has 21 atom stereocenters. The predicted octanol–water partition coefficient (Wildman–Crippen LogP) is 3.39. The number of allylic oxidation sites excluding steroid dienone is 3. The van der Waals surface area contributed by atoms with Crippen LogP contribution in [0.2, 0.25) is 0 Å². The minimum absolute atomic E-state index is 0.0118. The van der Waals surface area contributed by atoms with E-state index in [1.54, 1.807) is 130 Å². The molecule has 20 unspecified atom stereocenters. The van der Waals surface area contributed by atoms with Crippen LogP contribution in [0.25, 0.3) is 0 Å². The van der Waals surface area contributed by atoms with Crippen molar-refractivity contribution in [2.45, 2.75) is 247 Å². The number of rotatable bonds is 25. The molecule has 0 spiro atoms. The number of aryl methyl sites for hydroxylation is 1. The highest BCUT2D eigenvalue weighted by molar-refractivity contribution is 8.76. The number of aromatic nitrogens is 1. The molecule has 2 aromatic carbocycles. The van der Waals surface area contributed by atoms with Gasteiger partial charge in [0, 0.05) is 74.9 Å². The monoisotopic (exact) mass is 1780 g/mol. The third-order valence-corrected chi connectivity index (χ3v) is 28.9. The van der Waals surface area contributed by atoms with E-state index in [2.05, 4.69) is 53.2 Å². The fourth-order valence-electron chi connectivity index (χ4n) is 20.0. The molecule has 0 radical (unpaired) electrons. The number of Topliss-reactive ketones (excluding diaryl/α,β-unsaturated/α-hetero) is 1. The Morgan fingerprint density at radius 2 is 1.44 bits per heavy atom. The predicted molar refractivity (Wildman–Crippen MR) is 469 cm³/mol. The number of nitrogens with one attached hydrogen (secondary N) is 10. The van der Waals surface area contributed by atoms with Gasteiger partial charge in [-0.1, -0.05) is 119 Å². The molecule has 3 saturated carbocycles. The summed E-state index contributed by atoms with van der Waals surface area (Å²) in [7, 11) is 5.07. The molecular weight excluding hydrogens is 1660 g/mol. The fraction of sp³-hybridized carbons (Fsp3) is 0.587. The number of carbonyl (C=O) groups is 13. The van der Waals surface area contributed by atoms with E-state index in [1.165, 1.54) is 30.8 Å². The average molecular weight is 1780 g/mol. The molecule has 5 aliphatic carbocycles. The molecule has 3 saturated heterocycles. The molecule has 4 aliphatic heterocycles. The van der Waals surface area contributed by atoms with Gasteiger partial charge in [-0.25, -0.2) is 14.2 Å². The van der Waals surface area contributed by atoms with Crippen LogP contribution in [-0.4, -0.2) is 249 Å². The number of hydrogen-bond donors (Lipinski definition) is 13. The molecule has 126 heavy (non-hydrogen) atoms. The first-order valence-electron chi connectivity index (χ1n) is 44.3. The maximum atomic E-state index is 15.8. The molecule has 10 amide bonds. The summed E-state index contributed by atoms with van der Waals surface area (Å²) in [6.07, 6.45) is 15.1. The van der Waals surface area contributed by atoms with E-state index < -0.39 is 179 Å². The van der Waals surface area contributed by atoms with Gasteiger partial charge in [-0.2, -0.15) is 0 Å². The lowest BCUT2D eigenvalue weighted by molar-refractivity contribution is -0.671. The largest absolute Gasteiger partial charge is 0.461 e. The lowest BCUT2D eigenvalue weighted by Gasteiger charge is -2.57.